The number of piperidine rings is 1. The normalized spacial score (nSPS) is 15.5. The number of nitrogens with one attached hydrogen (secondary N) is 1. The number of hydrogen-bond acceptors (Lipinski definition) is 6. The fourth-order valence-electron chi connectivity index (χ4n) is 2.89. The maximum absolute atomic E-state index is 12.5. The summed E-state index contributed by atoms with van der Waals surface area (Å²) < 4.78 is 68.5. The predicted molar refractivity (Wildman–Crippen MR) is 95.2 cm³/mol. The smallest absolute Gasteiger partial charge is 0.404 e. The molecule has 0 bridgehead atoms. The van der Waals surface area contributed by atoms with E-state index in [1.807, 2.05) is 0 Å². The lowest BCUT2D eigenvalue weighted by Gasteiger charge is -2.27. The van der Waals surface area contributed by atoms with Crippen LogP contribution in [0.2, 0.25) is 0 Å². The lowest BCUT2D eigenvalue weighted by Crippen LogP contribution is -2.31. The van der Waals surface area contributed by atoms with Crippen LogP contribution in [0.3, 0.4) is 0 Å². The number of benzene rings is 1. The third kappa shape index (κ3) is 5.32. The lowest BCUT2D eigenvalue weighted by atomic mass is 10.1. The highest BCUT2D eigenvalue weighted by Crippen LogP contribution is 2.29. The summed E-state index contributed by atoms with van der Waals surface area (Å²) in [4.78, 5) is 9.87. The van der Waals surface area contributed by atoms with Gasteiger partial charge in [-0.15, -0.1) is 13.2 Å². The Morgan fingerprint density at radius 1 is 1.11 bits per heavy atom. The van der Waals surface area contributed by atoms with E-state index in [2.05, 4.69) is 24.3 Å². The molecule has 1 fully saturated rings. The van der Waals surface area contributed by atoms with E-state index in [0.29, 0.717) is 5.82 Å². The highest BCUT2D eigenvalue weighted by Gasteiger charge is 2.34. The summed E-state index contributed by atoms with van der Waals surface area (Å²) in [6, 6.07) is 6.29. The molecule has 1 aliphatic heterocycles. The molecule has 7 nitrogen and oxygen atoms in total. The van der Waals surface area contributed by atoms with Gasteiger partial charge in [-0.05, 0) is 37.5 Å². The summed E-state index contributed by atoms with van der Waals surface area (Å²) in [6.07, 6.45) is -0.198. The first-order valence-electron chi connectivity index (χ1n) is 8.66. The van der Waals surface area contributed by atoms with Gasteiger partial charge in [0.05, 0.1) is 6.54 Å². The second-order valence-electron chi connectivity index (χ2n) is 6.20. The fraction of sp³-hybridized carbons (Fsp3) is 0.412. The standard InChI is InChI=1S/C17H19F3N4O3S/c18-17(19,20)27-13-6-2-3-7-14(13)28(25,26)22-12-15-21-9-8-16(23-15)24-10-4-1-5-11-24/h2-3,6-9,22H,1,4-5,10-12H2. The number of aromatic nitrogens is 2. The number of nitrogens with zero attached hydrogens (tertiary/aromatic N) is 3. The van der Waals surface area contributed by atoms with E-state index in [1.165, 1.54) is 18.3 Å². The number of anilines is 1. The van der Waals surface area contributed by atoms with Gasteiger partial charge in [-0.25, -0.2) is 23.1 Å². The van der Waals surface area contributed by atoms with Crippen LogP contribution in [0.1, 0.15) is 25.1 Å². The molecule has 1 N–H and O–H groups in total. The first-order chi connectivity index (χ1) is 13.2. The van der Waals surface area contributed by atoms with Crippen molar-refractivity contribution in [3.63, 3.8) is 0 Å². The summed E-state index contributed by atoms with van der Waals surface area (Å²) in [5, 5.41) is 0. The number of halogens is 3. The van der Waals surface area contributed by atoms with Crippen LogP contribution in [0.4, 0.5) is 19.0 Å². The number of sulfonamides is 1. The zero-order valence-corrected chi connectivity index (χ0v) is 15.6. The quantitative estimate of drug-likeness (QED) is 0.780. The van der Waals surface area contributed by atoms with Crippen molar-refractivity contribution in [1.82, 2.24) is 14.7 Å². The van der Waals surface area contributed by atoms with Gasteiger partial charge >= 0.3 is 6.36 Å². The average molecular weight is 416 g/mol. The Balaban J connectivity index is 1.74. The van der Waals surface area contributed by atoms with Gasteiger partial charge < -0.3 is 9.64 Å². The van der Waals surface area contributed by atoms with Gasteiger partial charge in [-0.1, -0.05) is 12.1 Å². The second kappa shape index (κ2) is 8.31. The fourth-order valence-corrected chi connectivity index (χ4v) is 4.00. The number of hydrogen-bond donors (Lipinski definition) is 1. The monoisotopic (exact) mass is 416 g/mol. The van der Waals surface area contributed by atoms with E-state index in [9.17, 15) is 21.6 Å². The van der Waals surface area contributed by atoms with Crippen molar-refractivity contribution in [1.29, 1.82) is 0 Å². The number of ether oxygens (including phenoxy) is 1. The molecule has 1 aromatic carbocycles. The van der Waals surface area contributed by atoms with Crippen LogP contribution in [0.5, 0.6) is 5.75 Å². The van der Waals surface area contributed by atoms with Gasteiger partial charge in [0.25, 0.3) is 0 Å². The van der Waals surface area contributed by atoms with Crippen LogP contribution in [-0.2, 0) is 16.6 Å². The third-order valence-corrected chi connectivity index (χ3v) is 5.60. The summed E-state index contributed by atoms with van der Waals surface area (Å²) in [5.41, 5.74) is 0. The maximum atomic E-state index is 12.5. The van der Waals surface area contributed by atoms with Crippen molar-refractivity contribution in [2.45, 2.75) is 37.1 Å². The third-order valence-electron chi connectivity index (χ3n) is 4.16. The van der Waals surface area contributed by atoms with Crippen LogP contribution in [0, 0.1) is 0 Å². The molecule has 1 aliphatic rings. The van der Waals surface area contributed by atoms with Crippen LogP contribution < -0.4 is 14.4 Å². The van der Waals surface area contributed by atoms with Crippen molar-refractivity contribution in [3.8, 4) is 5.75 Å². The Kier molecular flexibility index (Phi) is 6.04. The minimum atomic E-state index is -5.00. The molecule has 0 spiro atoms. The molecular formula is C17H19F3N4O3S. The van der Waals surface area contributed by atoms with Gasteiger partial charge in [-0.2, -0.15) is 0 Å². The Morgan fingerprint density at radius 3 is 2.54 bits per heavy atom. The summed E-state index contributed by atoms with van der Waals surface area (Å²) in [6.45, 7) is 1.47. The molecule has 0 saturated carbocycles. The molecule has 2 aromatic rings. The van der Waals surface area contributed by atoms with Crippen LogP contribution >= 0.6 is 0 Å². The minimum Gasteiger partial charge on any atom is -0.404 e. The van der Waals surface area contributed by atoms with E-state index in [4.69, 9.17) is 0 Å². The number of alkyl halides is 3. The summed E-state index contributed by atoms with van der Waals surface area (Å²) in [5.74, 6) is 0.121. The van der Waals surface area contributed by atoms with Crippen LogP contribution in [0.25, 0.3) is 0 Å². The van der Waals surface area contributed by atoms with E-state index < -0.39 is 27.0 Å². The maximum Gasteiger partial charge on any atom is 0.573 e. The largest absolute Gasteiger partial charge is 0.573 e. The summed E-state index contributed by atoms with van der Waals surface area (Å²) in [7, 11) is -4.27. The van der Waals surface area contributed by atoms with Crippen molar-refractivity contribution in [2.75, 3.05) is 18.0 Å². The van der Waals surface area contributed by atoms with Crippen molar-refractivity contribution in [3.05, 3.63) is 42.4 Å². The Morgan fingerprint density at radius 2 is 1.82 bits per heavy atom. The molecule has 2 heterocycles. The number of rotatable bonds is 6. The predicted octanol–water partition coefficient (Wildman–Crippen LogP) is 2.84. The van der Waals surface area contributed by atoms with Crippen LogP contribution in [-0.4, -0.2) is 37.8 Å². The second-order valence-corrected chi connectivity index (χ2v) is 7.93. The van der Waals surface area contributed by atoms with Gasteiger partial charge in [0, 0.05) is 19.3 Å². The molecule has 0 amide bonds. The molecule has 3 rings (SSSR count). The number of para-hydroxylation sites is 1. The average Bonchev–Trinajstić information content (AvgIpc) is 2.66. The van der Waals surface area contributed by atoms with Gasteiger partial charge in [0.15, 0.2) is 0 Å². The highest BCUT2D eigenvalue weighted by atomic mass is 32.2. The zero-order valence-electron chi connectivity index (χ0n) is 14.8. The lowest BCUT2D eigenvalue weighted by molar-refractivity contribution is -0.275. The molecule has 11 heteroatoms. The molecule has 28 heavy (non-hydrogen) atoms. The van der Waals surface area contributed by atoms with Crippen molar-refractivity contribution in [2.24, 2.45) is 0 Å². The Bertz CT molecular complexity index is 916. The SMILES string of the molecule is O=S(=O)(NCc1nccc(N2CCCCC2)n1)c1ccccc1OC(F)(F)F. The molecule has 1 aromatic heterocycles. The van der Waals surface area contributed by atoms with E-state index >= 15 is 0 Å². The molecule has 152 valence electrons. The van der Waals surface area contributed by atoms with Crippen molar-refractivity contribution < 1.29 is 26.3 Å². The zero-order chi connectivity index (χ0) is 20.2. The summed E-state index contributed by atoms with van der Waals surface area (Å²) >= 11 is 0. The Labute approximate surface area is 160 Å². The van der Waals surface area contributed by atoms with Gasteiger partial charge in [0.2, 0.25) is 10.0 Å². The molecular weight excluding hydrogens is 397 g/mol. The topological polar surface area (TPSA) is 84.4 Å². The van der Waals surface area contributed by atoms with Crippen molar-refractivity contribution >= 4 is 15.8 Å². The first kappa shape index (κ1) is 20.3. The minimum absolute atomic E-state index is 0.223. The van der Waals surface area contributed by atoms with Gasteiger partial charge in [0.1, 0.15) is 22.3 Å². The van der Waals surface area contributed by atoms with E-state index in [0.717, 1.165) is 44.5 Å². The van der Waals surface area contributed by atoms with E-state index in [1.54, 1.807) is 6.07 Å². The van der Waals surface area contributed by atoms with Gasteiger partial charge in [-0.3, -0.25) is 0 Å². The molecule has 0 atom stereocenters. The molecule has 0 radical (unpaired) electrons. The highest BCUT2D eigenvalue weighted by molar-refractivity contribution is 7.89. The molecule has 1 saturated heterocycles. The molecule has 0 unspecified atom stereocenters. The van der Waals surface area contributed by atoms with E-state index in [-0.39, 0.29) is 12.4 Å². The van der Waals surface area contributed by atoms with Crippen LogP contribution in [0.15, 0.2) is 41.4 Å². The molecule has 0 aliphatic carbocycles. The first-order valence-corrected chi connectivity index (χ1v) is 10.1. The Hall–Kier alpha value is -2.40.